The fraction of sp³-hybridized carbons (Fsp3) is 0.875. The van der Waals surface area contributed by atoms with Gasteiger partial charge in [0.2, 0.25) is 0 Å². The molecule has 76 valence electrons. The minimum Gasteiger partial charge on any atom is -0.446 e. The Balaban J connectivity index is 2.40. The van der Waals surface area contributed by atoms with Crippen LogP contribution in [-0.4, -0.2) is 41.2 Å². The highest BCUT2D eigenvalue weighted by molar-refractivity contribution is 5.67. The molecule has 0 radical (unpaired) electrons. The van der Waals surface area contributed by atoms with E-state index in [9.17, 15) is 9.90 Å². The highest BCUT2D eigenvalue weighted by Gasteiger charge is 2.29. The number of amides is 1. The van der Waals surface area contributed by atoms with Crippen molar-refractivity contribution >= 4 is 6.09 Å². The Labute approximate surface area is 76.7 Å². The highest BCUT2D eigenvalue weighted by atomic mass is 16.6. The number of rotatable bonds is 3. The summed E-state index contributed by atoms with van der Waals surface area (Å²) in [5.41, 5.74) is -1.16. The number of nitrogens with one attached hydrogen (secondary N) is 1. The largest absolute Gasteiger partial charge is 0.446 e. The van der Waals surface area contributed by atoms with Gasteiger partial charge in [-0.2, -0.15) is 0 Å². The topological polar surface area (TPSA) is 78.8 Å². The van der Waals surface area contributed by atoms with E-state index in [1.54, 1.807) is 0 Å². The molecule has 13 heavy (non-hydrogen) atoms. The molecule has 1 aliphatic rings. The Morgan fingerprint density at radius 3 is 3.00 bits per heavy atom. The maximum atomic E-state index is 10.8. The van der Waals surface area contributed by atoms with E-state index in [0.717, 1.165) is 0 Å². The average Bonchev–Trinajstić information content (AvgIpc) is 2.03. The lowest BCUT2D eigenvalue weighted by Crippen LogP contribution is -2.42. The molecule has 0 aromatic carbocycles. The van der Waals surface area contributed by atoms with Crippen LogP contribution in [0.1, 0.15) is 19.8 Å². The van der Waals surface area contributed by atoms with E-state index in [1.165, 1.54) is 6.92 Å². The molecule has 0 bridgehead atoms. The molecule has 1 amide bonds. The molecule has 0 saturated carbocycles. The van der Waals surface area contributed by atoms with Crippen molar-refractivity contribution in [2.75, 3.05) is 13.2 Å². The zero-order valence-corrected chi connectivity index (χ0v) is 7.62. The van der Waals surface area contributed by atoms with Gasteiger partial charge in [-0.3, -0.25) is 0 Å². The third-order valence-corrected chi connectivity index (χ3v) is 2.02. The Hall–Kier alpha value is -0.810. The van der Waals surface area contributed by atoms with Crippen molar-refractivity contribution in [3.05, 3.63) is 0 Å². The zero-order chi connectivity index (χ0) is 9.90. The standard InChI is InChI=1S/C8H15NO4/c1-8(12,5-10)4-6-2-3-9-7(11)13-6/h6,10,12H,2-5H2,1H3,(H,9,11). The third-order valence-electron chi connectivity index (χ3n) is 2.02. The van der Waals surface area contributed by atoms with Gasteiger partial charge in [0.1, 0.15) is 6.10 Å². The van der Waals surface area contributed by atoms with Gasteiger partial charge in [0.05, 0.1) is 12.2 Å². The predicted octanol–water partition coefficient (Wildman–Crippen LogP) is -0.382. The van der Waals surface area contributed by atoms with E-state index in [1.807, 2.05) is 0 Å². The number of cyclic esters (lactones) is 1. The fourth-order valence-electron chi connectivity index (χ4n) is 1.29. The first-order valence-electron chi connectivity index (χ1n) is 4.31. The van der Waals surface area contributed by atoms with Gasteiger partial charge in [-0.05, 0) is 6.92 Å². The summed E-state index contributed by atoms with van der Waals surface area (Å²) in [7, 11) is 0. The monoisotopic (exact) mass is 189 g/mol. The summed E-state index contributed by atoms with van der Waals surface area (Å²) < 4.78 is 4.90. The number of aliphatic hydroxyl groups is 2. The molecular formula is C8H15NO4. The Bertz CT molecular complexity index is 193. The summed E-state index contributed by atoms with van der Waals surface area (Å²) in [6.45, 7) is 1.75. The van der Waals surface area contributed by atoms with Gasteiger partial charge in [-0.15, -0.1) is 0 Å². The van der Waals surface area contributed by atoms with Gasteiger partial charge < -0.3 is 20.3 Å². The smallest absolute Gasteiger partial charge is 0.407 e. The predicted molar refractivity (Wildman–Crippen MR) is 45.2 cm³/mol. The highest BCUT2D eigenvalue weighted by Crippen LogP contribution is 2.17. The van der Waals surface area contributed by atoms with Crippen LogP contribution in [-0.2, 0) is 4.74 Å². The molecular weight excluding hydrogens is 174 g/mol. The minimum absolute atomic E-state index is 0.275. The number of alkyl carbamates (subject to hydrolysis) is 1. The molecule has 0 aromatic heterocycles. The molecule has 2 unspecified atom stereocenters. The van der Waals surface area contributed by atoms with Gasteiger partial charge in [0.15, 0.2) is 0 Å². The second-order valence-electron chi connectivity index (χ2n) is 3.60. The van der Waals surface area contributed by atoms with Crippen LogP contribution in [0.25, 0.3) is 0 Å². The lowest BCUT2D eigenvalue weighted by Gasteiger charge is -2.29. The van der Waals surface area contributed by atoms with Crippen molar-refractivity contribution in [1.29, 1.82) is 0 Å². The van der Waals surface area contributed by atoms with Gasteiger partial charge in [0.25, 0.3) is 0 Å². The average molecular weight is 189 g/mol. The second kappa shape index (κ2) is 3.93. The first-order valence-corrected chi connectivity index (χ1v) is 4.31. The molecule has 1 fully saturated rings. The van der Waals surface area contributed by atoms with Gasteiger partial charge in [-0.25, -0.2) is 4.79 Å². The van der Waals surface area contributed by atoms with Crippen LogP contribution in [0.4, 0.5) is 4.79 Å². The van der Waals surface area contributed by atoms with Gasteiger partial charge >= 0.3 is 6.09 Å². The second-order valence-corrected chi connectivity index (χ2v) is 3.60. The van der Waals surface area contributed by atoms with Crippen molar-refractivity contribution in [3.63, 3.8) is 0 Å². The molecule has 1 rings (SSSR count). The molecule has 0 aliphatic carbocycles. The van der Waals surface area contributed by atoms with Crippen LogP contribution < -0.4 is 5.32 Å². The lowest BCUT2D eigenvalue weighted by molar-refractivity contribution is -0.0451. The maximum Gasteiger partial charge on any atom is 0.407 e. The van der Waals surface area contributed by atoms with E-state index in [0.29, 0.717) is 13.0 Å². The Kier molecular flexibility index (Phi) is 3.11. The van der Waals surface area contributed by atoms with E-state index >= 15 is 0 Å². The summed E-state index contributed by atoms with van der Waals surface area (Å²) in [5, 5.41) is 20.8. The molecule has 5 nitrogen and oxygen atoms in total. The van der Waals surface area contributed by atoms with Crippen molar-refractivity contribution in [2.45, 2.75) is 31.5 Å². The van der Waals surface area contributed by atoms with Crippen LogP contribution >= 0.6 is 0 Å². The van der Waals surface area contributed by atoms with Crippen LogP contribution in [0.3, 0.4) is 0 Å². The molecule has 0 aromatic rings. The number of hydrogen-bond acceptors (Lipinski definition) is 4. The number of aliphatic hydroxyl groups excluding tert-OH is 1. The number of carbonyl (C=O) groups excluding carboxylic acids is 1. The van der Waals surface area contributed by atoms with E-state index in [-0.39, 0.29) is 19.1 Å². The molecule has 0 spiro atoms. The third kappa shape index (κ3) is 3.20. The lowest BCUT2D eigenvalue weighted by atomic mass is 9.97. The Morgan fingerprint density at radius 2 is 2.46 bits per heavy atom. The first-order chi connectivity index (χ1) is 6.03. The summed E-state index contributed by atoms with van der Waals surface area (Å²) in [6.07, 6.45) is 0.194. The SMILES string of the molecule is CC(O)(CO)CC1CCNC(=O)O1. The molecule has 1 aliphatic heterocycles. The van der Waals surface area contributed by atoms with E-state index < -0.39 is 11.7 Å². The van der Waals surface area contributed by atoms with Crippen molar-refractivity contribution in [2.24, 2.45) is 0 Å². The van der Waals surface area contributed by atoms with Crippen LogP contribution in [0.15, 0.2) is 0 Å². The molecule has 3 N–H and O–H groups in total. The van der Waals surface area contributed by atoms with Crippen LogP contribution in [0, 0.1) is 0 Å². The van der Waals surface area contributed by atoms with Gasteiger partial charge in [0, 0.05) is 19.4 Å². The summed E-state index contributed by atoms with van der Waals surface area (Å²) in [6, 6.07) is 0. The fourth-order valence-corrected chi connectivity index (χ4v) is 1.29. The van der Waals surface area contributed by atoms with E-state index in [2.05, 4.69) is 5.32 Å². The van der Waals surface area contributed by atoms with Crippen LogP contribution in [0.5, 0.6) is 0 Å². The summed E-state index contributed by atoms with van der Waals surface area (Å²) >= 11 is 0. The Morgan fingerprint density at radius 1 is 1.77 bits per heavy atom. The maximum absolute atomic E-state index is 10.8. The van der Waals surface area contributed by atoms with Crippen molar-refractivity contribution in [3.8, 4) is 0 Å². The minimum atomic E-state index is -1.16. The number of hydrogen-bond donors (Lipinski definition) is 3. The summed E-state index contributed by atoms with van der Waals surface area (Å²) in [5.74, 6) is 0. The van der Waals surface area contributed by atoms with Crippen molar-refractivity contribution < 1.29 is 19.7 Å². The molecule has 5 heteroatoms. The quantitative estimate of drug-likeness (QED) is 0.565. The molecule has 1 saturated heterocycles. The van der Waals surface area contributed by atoms with Gasteiger partial charge in [-0.1, -0.05) is 0 Å². The normalized spacial score (nSPS) is 27.3. The van der Waals surface area contributed by atoms with Crippen LogP contribution in [0.2, 0.25) is 0 Å². The van der Waals surface area contributed by atoms with Crippen molar-refractivity contribution in [1.82, 2.24) is 5.32 Å². The van der Waals surface area contributed by atoms with E-state index in [4.69, 9.17) is 9.84 Å². The summed E-state index contributed by atoms with van der Waals surface area (Å²) in [4.78, 5) is 10.8. The molecule has 1 heterocycles. The number of ether oxygens (including phenoxy) is 1. The zero-order valence-electron chi connectivity index (χ0n) is 7.62. The molecule has 2 atom stereocenters. The number of carbonyl (C=O) groups is 1. The first kappa shape index (κ1) is 10.3.